The van der Waals surface area contributed by atoms with Crippen LogP contribution in [0.4, 0.5) is 0 Å². The fourth-order valence-electron chi connectivity index (χ4n) is 2.78. The lowest BCUT2D eigenvalue weighted by Crippen LogP contribution is -2.05. The van der Waals surface area contributed by atoms with Gasteiger partial charge < -0.3 is 4.57 Å². The number of aryl methyl sites for hydroxylation is 1. The van der Waals surface area contributed by atoms with E-state index in [2.05, 4.69) is 38.7 Å². The number of fused-ring (bicyclic) bond motifs is 1. The van der Waals surface area contributed by atoms with Crippen molar-refractivity contribution < 1.29 is 4.21 Å². The van der Waals surface area contributed by atoms with Crippen molar-refractivity contribution in [1.29, 1.82) is 0 Å². The van der Waals surface area contributed by atoms with Crippen LogP contribution < -0.4 is 0 Å². The average molecular weight is 390 g/mol. The van der Waals surface area contributed by atoms with Gasteiger partial charge in [-0.15, -0.1) is 0 Å². The minimum absolute atomic E-state index is 0.858. The minimum atomic E-state index is -1.14. The zero-order valence-electron chi connectivity index (χ0n) is 13.0. The highest BCUT2D eigenvalue weighted by atomic mass is 79.9. The molecule has 3 aromatic rings. The van der Waals surface area contributed by atoms with Crippen LogP contribution in [0.3, 0.4) is 0 Å². The number of benzene rings is 2. The molecule has 1 unspecified atom stereocenters. The van der Waals surface area contributed by atoms with E-state index >= 15 is 0 Å². The summed E-state index contributed by atoms with van der Waals surface area (Å²) < 4.78 is 15.2. The van der Waals surface area contributed by atoms with Gasteiger partial charge >= 0.3 is 0 Å². The van der Waals surface area contributed by atoms with Crippen LogP contribution in [0.5, 0.6) is 0 Å². The van der Waals surface area contributed by atoms with Gasteiger partial charge in [-0.05, 0) is 37.1 Å². The number of aromatic nitrogens is 1. The average Bonchev–Trinajstić information content (AvgIpc) is 2.97. The van der Waals surface area contributed by atoms with Crippen LogP contribution in [-0.4, -0.2) is 14.1 Å². The van der Waals surface area contributed by atoms with E-state index in [0.717, 1.165) is 33.6 Å². The summed E-state index contributed by atoms with van der Waals surface area (Å²) in [7, 11) is -1.14. The fraction of sp³-hybridized carbons (Fsp3) is 0.263. The highest BCUT2D eigenvalue weighted by Gasteiger charge is 2.15. The summed E-state index contributed by atoms with van der Waals surface area (Å²) in [4.78, 5) is 0.858. The molecule has 0 bridgehead atoms. The second-order valence-corrected chi connectivity index (χ2v) is 7.74. The fourth-order valence-corrected chi connectivity index (χ4v) is 4.44. The van der Waals surface area contributed by atoms with Gasteiger partial charge in [0.05, 0.1) is 0 Å². The number of halogens is 1. The molecule has 3 rings (SSSR count). The molecule has 0 saturated carbocycles. The standard InChI is InChI=1S/C19H20BrNOS/c20-13-7-2-8-14-21-18-12-6-5-9-16(18)15-19(21)23(22)17-10-3-1-4-11-17/h1,3-6,9-12,15H,2,7-8,13-14H2. The topological polar surface area (TPSA) is 22.0 Å². The van der Waals surface area contributed by atoms with E-state index in [4.69, 9.17) is 0 Å². The Bertz CT molecular complexity index is 797. The number of hydrogen-bond acceptors (Lipinski definition) is 1. The monoisotopic (exact) mass is 389 g/mol. The number of unbranched alkanes of at least 4 members (excludes halogenated alkanes) is 2. The zero-order chi connectivity index (χ0) is 16.1. The Morgan fingerprint density at radius 2 is 1.65 bits per heavy atom. The predicted octanol–water partition coefficient (Wildman–Crippen LogP) is 5.37. The van der Waals surface area contributed by atoms with Gasteiger partial charge in [0.25, 0.3) is 0 Å². The molecule has 1 atom stereocenters. The molecular formula is C19H20BrNOS. The lowest BCUT2D eigenvalue weighted by Gasteiger charge is -2.10. The number of nitrogens with zero attached hydrogens (tertiary/aromatic N) is 1. The molecule has 0 radical (unpaired) electrons. The van der Waals surface area contributed by atoms with Crippen molar-refractivity contribution in [3.8, 4) is 0 Å². The molecular weight excluding hydrogens is 370 g/mol. The van der Waals surface area contributed by atoms with Gasteiger partial charge in [0.15, 0.2) is 0 Å². The van der Waals surface area contributed by atoms with Gasteiger partial charge in [0.1, 0.15) is 15.8 Å². The molecule has 23 heavy (non-hydrogen) atoms. The third-order valence-electron chi connectivity index (χ3n) is 3.94. The molecule has 0 fully saturated rings. The molecule has 0 aliphatic heterocycles. The maximum Gasteiger partial charge on any atom is 0.112 e. The summed E-state index contributed by atoms with van der Waals surface area (Å²) in [6.45, 7) is 0.911. The van der Waals surface area contributed by atoms with E-state index in [-0.39, 0.29) is 0 Å². The highest BCUT2D eigenvalue weighted by molar-refractivity contribution is 9.09. The largest absolute Gasteiger partial charge is 0.333 e. The van der Waals surface area contributed by atoms with Crippen LogP contribution in [0.25, 0.3) is 10.9 Å². The second kappa shape index (κ2) is 7.93. The first-order valence-corrected chi connectivity index (χ1v) is 10.2. The van der Waals surface area contributed by atoms with Gasteiger partial charge in [-0.1, -0.05) is 58.7 Å². The SMILES string of the molecule is O=S(c1ccccc1)c1cc2ccccc2n1CCCCCBr. The molecule has 0 N–H and O–H groups in total. The van der Waals surface area contributed by atoms with Crippen molar-refractivity contribution in [3.05, 3.63) is 60.7 Å². The third-order valence-corrected chi connectivity index (χ3v) is 5.91. The van der Waals surface area contributed by atoms with E-state index in [1.54, 1.807) is 0 Å². The summed E-state index contributed by atoms with van der Waals surface area (Å²) in [6, 6.07) is 20.1. The van der Waals surface area contributed by atoms with Crippen LogP contribution in [0.1, 0.15) is 19.3 Å². The lowest BCUT2D eigenvalue weighted by molar-refractivity contribution is 0.584. The highest BCUT2D eigenvalue weighted by Crippen LogP contribution is 2.26. The summed E-state index contributed by atoms with van der Waals surface area (Å²) in [5.41, 5.74) is 1.17. The van der Waals surface area contributed by atoms with Crippen LogP contribution in [0.2, 0.25) is 0 Å². The number of alkyl halides is 1. The van der Waals surface area contributed by atoms with E-state index in [1.165, 1.54) is 18.4 Å². The summed E-state index contributed by atoms with van der Waals surface area (Å²) >= 11 is 3.48. The zero-order valence-corrected chi connectivity index (χ0v) is 15.4. The van der Waals surface area contributed by atoms with Crippen molar-refractivity contribution in [3.63, 3.8) is 0 Å². The number of rotatable bonds is 7. The Morgan fingerprint density at radius 3 is 2.43 bits per heavy atom. The van der Waals surface area contributed by atoms with E-state index in [9.17, 15) is 4.21 Å². The maximum absolute atomic E-state index is 13.0. The number of para-hydroxylation sites is 1. The molecule has 0 aliphatic rings. The van der Waals surface area contributed by atoms with Crippen LogP contribution in [0.15, 0.2) is 70.6 Å². The third kappa shape index (κ3) is 3.75. The first kappa shape index (κ1) is 16.5. The van der Waals surface area contributed by atoms with Crippen LogP contribution >= 0.6 is 15.9 Å². The van der Waals surface area contributed by atoms with E-state index < -0.39 is 10.8 Å². The molecule has 1 heterocycles. The molecule has 0 aliphatic carbocycles. The smallest absolute Gasteiger partial charge is 0.112 e. The molecule has 120 valence electrons. The molecule has 1 aromatic heterocycles. The maximum atomic E-state index is 13.0. The van der Waals surface area contributed by atoms with Crippen molar-refractivity contribution in [2.45, 2.75) is 35.7 Å². The molecule has 0 amide bonds. The van der Waals surface area contributed by atoms with Crippen LogP contribution in [-0.2, 0) is 17.3 Å². The Hall–Kier alpha value is -1.39. The van der Waals surface area contributed by atoms with Crippen molar-refractivity contribution in [2.24, 2.45) is 0 Å². The second-order valence-electron chi connectivity index (χ2n) is 5.52. The van der Waals surface area contributed by atoms with Gasteiger partial charge in [0.2, 0.25) is 0 Å². The normalized spacial score (nSPS) is 12.6. The summed E-state index contributed by atoms with van der Waals surface area (Å²) in [5, 5.41) is 3.10. The van der Waals surface area contributed by atoms with Gasteiger partial charge in [-0.25, -0.2) is 4.21 Å². The van der Waals surface area contributed by atoms with Crippen molar-refractivity contribution in [2.75, 3.05) is 5.33 Å². The first-order valence-electron chi connectivity index (χ1n) is 7.92. The Balaban J connectivity index is 1.96. The lowest BCUT2D eigenvalue weighted by atomic mass is 10.2. The Morgan fingerprint density at radius 1 is 0.913 bits per heavy atom. The first-order chi connectivity index (χ1) is 11.3. The van der Waals surface area contributed by atoms with E-state index in [0.29, 0.717) is 0 Å². The predicted molar refractivity (Wildman–Crippen MR) is 101 cm³/mol. The van der Waals surface area contributed by atoms with Gasteiger partial charge in [-0.2, -0.15) is 0 Å². The summed E-state index contributed by atoms with van der Waals surface area (Å²) in [6.07, 6.45) is 3.45. The van der Waals surface area contributed by atoms with Gasteiger partial charge in [-0.3, -0.25) is 0 Å². The number of hydrogen-bond donors (Lipinski definition) is 0. The molecule has 0 saturated heterocycles. The van der Waals surface area contributed by atoms with Crippen LogP contribution in [0, 0.1) is 0 Å². The molecule has 4 heteroatoms. The van der Waals surface area contributed by atoms with Crippen molar-refractivity contribution in [1.82, 2.24) is 4.57 Å². The van der Waals surface area contributed by atoms with Crippen molar-refractivity contribution >= 4 is 37.6 Å². The minimum Gasteiger partial charge on any atom is -0.333 e. The van der Waals surface area contributed by atoms with E-state index in [1.807, 2.05) is 42.5 Å². The van der Waals surface area contributed by atoms with Gasteiger partial charge in [0, 0.05) is 27.7 Å². The Kier molecular flexibility index (Phi) is 5.68. The Labute approximate surface area is 148 Å². The quantitative estimate of drug-likeness (QED) is 0.393. The molecule has 0 spiro atoms. The summed E-state index contributed by atoms with van der Waals surface area (Å²) in [5.74, 6) is 0. The molecule has 2 aromatic carbocycles. The molecule has 2 nitrogen and oxygen atoms in total.